The number of hydrogen-bond donors (Lipinski definition) is 0. The van der Waals surface area contributed by atoms with Gasteiger partial charge >= 0.3 is 0 Å². The zero-order valence-corrected chi connectivity index (χ0v) is 9.20. The number of pyridine rings is 1. The van der Waals surface area contributed by atoms with Crippen molar-refractivity contribution in [1.29, 1.82) is 0 Å². The first-order valence-corrected chi connectivity index (χ1v) is 6.54. The highest BCUT2D eigenvalue weighted by Gasteiger charge is 2.13. The first kappa shape index (κ1) is 8.62. The van der Waals surface area contributed by atoms with Crippen molar-refractivity contribution in [3.05, 3.63) is 29.6 Å². The maximum Gasteiger partial charge on any atom is 0.0770 e. The van der Waals surface area contributed by atoms with Gasteiger partial charge in [0.2, 0.25) is 0 Å². The number of rotatable bonds is 0. The second-order valence-electron chi connectivity index (χ2n) is 3.18. The van der Waals surface area contributed by atoms with Gasteiger partial charge in [-0.2, -0.15) is 0 Å². The van der Waals surface area contributed by atoms with Crippen molar-refractivity contribution in [3.63, 3.8) is 0 Å². The number of fused-ring (bicyclic) bond motifs is 2. The quantitative estimate of drug-likeness (QED) is 0.664. The standard InChI is InChI=1S/C11H9NS2/c1-3-8-10(13-5-1)7-11-9(12-8)4-2-6-14-11/h1-4,7H,5-6H2. The lowest BCUT2D eigenvalue weighted by Crippen LogP contribution is -1.98. The van der Waals surface area contributed by atoms with Crippen LogP contribution in [0, 0.1) is 0 Å². The lowest BCUT2D eigenvalue weighted by molar-refractivity contribution is 1.10. The van der Waals surface area contributed by atoms with Gasteiger partial charge in [0.25, 0.3) is 0 Å². The fraction of sp³-hybridized carbons (Fsp3) is 0.182. The highest BCUT2D eigenvalue weighted by atomic mass is 32.2. The van der Waals surface area contributed by atoms with Crippen LogP contribution in [0.2, 0.25) is 0 Å². The van der Waals surface area contributed by atoms with E-state index in [-0.39, 0.29) is 0 Å². The molecule has 1 aromatic heterocycles. The molecule has 0 unspecified atom stereocenters. The number of hydrogen-bond acceptors (Lipinski definition) is 3. The van der Waals surface area contributed by atoms with E-state index in [1.807, 2.05) is 23.5 Å². The summed E-state index contributed by atoms with van der Waals surface area (Å²) in [6.07, 6.45) is 8.59. The van der Waals surface area contributed by atoms with Crippen LogP contribution in [0.3, 0.4) is 0 Å². The minimum Gasteiger partial charge on any atom is -0.247 e. The molecule has 3 heterocycles. The van der Waals surface area contributed by atoms with E-state index in [9.17, 15) is 0 Å². The van der Waals surface area contributed by atoms with Crippen molar-refractivity contribution < 1.29 is 0 Å². The maximum absolute atomic E-state index is 4.64. The molecule has 3 heteroatoms. The summed E-state index contributed by atoms with van der Waals surface area (Å²) < 4.78 is 0. The molecule has 0 radical (unpaired) electrons. The Bertz CT molecular complexity index is 398. The summed E-state index contributed by atoms with van der Waals surface area (Å²) in [6, 6.07) is 2.28. The Kier molecular flexibility index (Phi) is 2.14. The maximum atomic E-state index is 4.64. The molecule has 0 spiro atoms. The first-order valence-electron chi connectivity index (χ1n) is 4.57. The van der Waals surface area contributed by atoms with E-state index in [1.54, 1.807) is 0 Å². The van der Waals surface area contributed by atoms with Gasteiger partial charge in [-0.15, -0.1) is 23.5 Å². The van der Waals surface area contributed by atoms with E-state index >= 15 is 0 Å². The lowest BCUT2D eigenvalue weighted by Gasteiger charge is -2.14. The fourth-order valence-corrected chi connectivity index (χ4v) is 3.32. The summed E-state index contributed by atoms with van der Waals surface area (Å²) in [5, 5.41) is 0. The van der Waals surface area contributed by atoms with Crippen molar-refractivity contribution >= 4 is 35.7 Å². The highest BCUT2D eigenvalue weighted by Crippen LogP contribution is 2.35. The van der Waals surface area contributed by atoms with Gasteiger partial charge in [-0.1, -0.05) is 12.2 Å². The molecule has 70 valence electrons. The fourth-order valence-electron chi connectivity index (χ4n) is 1.57. The molecule has 0 aliphatic carbocycles. The summed E-state index contributed by atoms with van der Waals surface area (Å²) in [5.41, 5.74) is 2.26. The second-order valence-corrected chi connectivity index (χ2v) is 5.31. The van der Waals surface area contributed by atoms with Crippen LogP contribution >= 0.6 is 23.5 Å². The van der Waals surface area contributed by atoms with Gasteiger partial charge in [0.1, 0.15) is 0 Å². The summed E-state index contributed by atoms with van der Waals surface area (Å²) in [6.45, 7) is 0. The Balaban J connectivity index is 2.18. The van der Waals surface area contributed by atoms with Gasteiger partial charge in [-0.25, -0.2) is 4.98 Å². The molecule has 0 saturated carbocycles. The van der Waals surface area contributed by atoms with Crippen molar-refractivity contribution in [2.75, 3.05) is 11.5 Å². The van der Waals surface area contributed by atoms with Crippen LogP contribution in [0.15, 0.2) is 28.0 Å². The normalized spacial score (nSPS) is 17.7. The molecule has 0 amide bonds. The van der Waals surface area contributed by atoms with Crippen molar-refractivity contribution in [3.8, 4) is 0 Å². The molecule has 1 aromatic rings. The Labute approximate surface area is 91.7 Å². The SMILES string of the molecule is C1=Cc2nc3c(cc2SC1)SCC=C3. The number of nitrogens with zero attached hydrogens (tertiary/aromatic N) is 1. The zero-order valence-electron chi connectivity index (χ0n) is 7.56. The summed E-state index contributed by atoms with van der Waals surface area (Å²) in [4.78, 5) is 7.29. The summed E-state index contributed by atoms with van der Waals surface area (Å²) in [5.74, 6) is 2.15. The largest absolute Gasteiger partial charge is 0.247 e. The van der Waals surface area contributed by atoms with Gasteiger partial charge in [0, 0.05) is 21.3 Å². The average molecular weight is 219 g/mol. The molecule has 3 rings (SSSR count). The van der Waals surface area contributed by atoms with Crippen molar-refractivity contribution in [2.24, 2.45) is 0 Å². The summed E-state index contributed by atoms with van der Waals surface area (Å²) >= 11 is 3.75. The molecule has 0 N–H and O–H groups in total. The van der Waals surface area contributed by atoms with E-state index in [1.165, 1.54) is 9.79 Å². The van der Waals surface area contributed by atoms with Gasteiger partial charge in [0.05, 0.1) is 11.4 Å². The summed E-state index contributed by atoms with van der Waals surface area (Å²) in [7, 11) is 0. The molecule has 2 aliphatic rings. The van der Waals surface area contributed by atoms with E-state index < -0.39 is 0 Å². The van der Waals surface area contributed by atoms with Gasteiger partial charge in [-0.3, -0.25) is 0 Å². The molecular weight excluding hydrogens is 210 g/mol. The second kappa shape index (κ2) is 3.48. The third-order valence-electron chi connectivity index (χ3n) is 2.23. The molecule has 14 heavy (non-hydrogen) atoms. The Hall–Kier alpha value is -0.670. The molecule has 0 fully saturated rings. The smallest absolute Gasteiger partial charge is 0.0770 e. The Morgan fingerprint density at radius 2 is 1.50 bits per heavy atom. The Morgan fingerprint density at radius 3 is 2.07 bits per heavy atom. The van der Waals surface area contributed by atoms with Crippen LogP contribution in [-0.2, 0) is 0 Å². The van der Waals surface area contributed by atoms with Gasteiger partial charge in [-0.05, 0) is 18.2 Å². The lowest BCUT2D eigenvalue weighted by atomic mass is 10.2. The van der Waals surface area contributed by atoms with Gasteiger partial charge < -0.3 is 0 Å². The van der Waals surface area contributed by atoms with E-state index in [0.717, 1.165) is 22.9 Å². The van der Waals surface area contributed by atoms with Crippen molar-refractivity contribution in [2.45, 2.75) is 9.79 Å². The molecule has 0 bridgehead atoms. The van der Waals surface area contributed by atoms with Crippen LogP contribution in [0.5, 0.6) is 0 Å². The van der Waals surface area contributed by atoms with E-state index in [0.29, 0.717) is 0 Å². The van der Waals surface area contributed by atoms with Crippen LogP contribution in [0.1, 0.15) is 11.4 Å². The molecule has 0 saturated heterocycles. The predicted octanol–water partition coefficient (Wildman–Crippen LogP) is 3.32. The van der Waals surface area contributed by atoms with E-state index in [4.69, 9.17) is 0 Å². The van der Waals surface area contributed by atoms with Crippen LogP contribution in [0.4, 0.5) is 0 Å². The van der Waals surface area contributed by atoms with Crippen LogP contribution < -0.4 is 0 Å². The first-order chi connectivity index (χ1) is 6.93. The molecule has 0 aromatic carbocycles. The van der Waals surface area contributed by atoms with Crippen molar-refractivity contribution in [1.82, 2.24) is 4.98 Å². The third-order valence-corrected chi connectivity index (χ3v) is 4.22. The zero-order chi connectivity index (χ0) is 9.38. The monoisotopic (exact) mass is 219 g/mol. The predicted molar refractivity (Wildman–Crippen MR) is 63.8 cm³/mol. The minimum atomic E-state index is 1.08. The Morgan fingerprint density at radius 1 is 0.929 bits per heavy atom. The number of thioether (sulfide) groups is 2. The third kappa shape index (κ3) is 1.41. The number of aromatic nitrogens is 1. The highest BCUT2D eigenvalue weighted by molar-refractivity contribution is 8.00. The van der Waals surface area contributed by atoms with Crippen LogP contribution in [0.25, 0.3) is 12.2 Å². The minimum absolute atomic E-state index is 1.08. The average Bonchev–Trinajstić information content (AvgIpc) is 2.26. The molecule has 2 aliphatic heterocycles. The van der Waals surface area contributed by atoms with Gasteiger partial charge in [0.15, 0.2) is 0 Å². The van der Waals surface area contributed by atoms with Crippen LogP contribution in [-0.4, -0.2) is 16.5 Å². The topological polar surface area (TPSA) is 12.9 Å². The molecule has 1 nitrogen and oxygen atoms in total. The molecular formula is C11H9NS2. The molecule has 0 atom stereocenters. The van der Waals surface area contributed by atoms with E-state index in [2.05, 4.69) is 35.4 Å².